The number of nitrogens with two attached hydrogens (primary N) is 1. The Balaban J connectivity index is 0.000000261. The minimum absolute atomic E-state index is 0.223. The average molecular weight is 493 g/mol. The van der Waals surface area contributed by atoms with Gasteiger partial charge in [-0.05, 0) is 70.6 Å². The second-order valence-electron chi connectivity index (χ2n) is 8.33. The van der Waals surface area contributed by atoms with E-state index in [0.717, 1.165) is 36.9 Å². The normalized spacial score (nSPS) is 15.5. The van der Waals surface area contributed by atoms with Crippen LogP contribution in [0.4, 0.5) is 0 Å². The molecule has 0 radical (unpaired) electrons. The smallest absolute Gasteiger partial charge is 0.347 e. The van der Waals surface area contributed by atoms with Gasteiger partial charge in [-0.1, -0.05) is 35.9 Å². The number of hydrogen-bond donors (Lipinski definition) is 2. The van der Waals surface area contributed by atoms with E-state index in [9.17, 15) is 9.59 Å². The lowest BCUT2D eigenvalue weighted by Gasteiger charge is -2.23. The highest BCUT2D eigenvalue weighted by Crippen LogP contribution is 2.26. The van der Waals surface area contributed by atoms with Crippen molar-refractivity contribution in [1.82, 2.24) is 4.31 Å². The molecule has 1 heterocycles. The minimum Gasteiger partial charge on any atom is -0.478 e. The number of carboxylic acids is 1. The number of benzene rings is 2. The fourth-order valence-corrected chi connectivity index (χ4v) is 3.79. The van der Waals surface area contributed by atoms with Gasteiger partial charge in [0.2, 0.25) is 0 Å². The summed E-state index contributed by atoms with van der Waals surface area (Å²) in [6.45, 7) is 10.8. The largest absolute Gasteiger partial charge is 0.478 e. The molecule has 0 spiro atoms. The van der Waals surface area contributed by atoms with E-state index in [0.29, 0.717) is 5.75 Å². The van der Waals surface area contributed by atoms with Crippen LogP contribution in [0, 0.1) is 26.7 Å². The molecule has 2 aromatic carbocycles. The van der Waals surface area contributed by atoms with Crippen LogP contribution in [-0.2, 0) is 9.59 Å². The van der Waals surface area contributed by atoms with Crippen molar-refractivity contribution in [2.75, 3.05) is 19.3 Å². The van der Waals surface area contributed by atoms with E-state index in [-0.39, 0.29) is 5.92 Å². The third-order valence-electron chi connectivity index (χ3n) is 5.07. The zero-order valence-electron chi connectivity index (χ0n) is 20.3. The number of hydrogen-bond acceptors (Lipinski definition) is 7. The number of ether oxygens (including phenoxy) is 1. The van der Waals surface area contributed by atoms with Crippen LogP contribution in [0.15, 0.2) is 47.4 Å². The van der Waals surface area contributed by atoms with Gasteiger partial charge in [0.15, 0.2) is 5.60 Å². The van der Waals surface area contributed by atoms with Gasteiger partial charge in [0.05, 0.1) is 0 Å². The average Bonchev–Trinajstić information content (AvgIpc) is 3.26. The van der Waals surface area contributed by atoms with E-state index < -0.39 is 11.6 Å². The number of carbonyl (C=O) groups excluding carboxylic acids is 1. The lowest BCUT2D eigenvalue weighted by atomic mass is 10.1. The predicted octanol–water partition coefficient (Wildman–Crippen LogP) is 5.29. The van der Waals surface area contributed by atoms with Crippen molar-refractivity contribution in [3.63, 3.8) is 0 Å². The lowest BCUT2D eigenvalue weighted by Crippen LogP contribution is -2.38. The molecule has 1 aliphatic heterocycles. The maximum atomic E-state index is 10.9. The van der Waals surface area contributed by atoms with Gasteiger partial charge in [-0.3, -0.25) is 5.14 Å². The number of para-hydroxylation sites is 1. The molecule has 8 heteroatoms. The molecule has 33 heavy (non-hydrogen) atoms. The van der Waals surface area contributed by atoms with Crippen molar-refractivity contribution in [3.05, 3.63) is 59.2 Å². The van der Waals surface area contributed by atoms with Crippen molar-refractivity contribution in [2.45, 2.75) is 51.5 Å². The highest BCUT2D eigenvalue weighted by atomic mass is 32.2. The summed E-state index contributed by atoms with van der Waals surface area (Å²) < 4.78 is 7.52. The topological polar surface area (TPSA) is 92.9 Å². The Morgan fingerprint density at radius 3 is 2.12 bits per heavy atom. The fraction of sp³-hybridized carbons (Fsp3) is 0.440. The molecule has 3 N–H and O–H groups in total. The Morgan fingerprint density at radius 1 is 1.15 bits per heavy atom. The fourth-order valence-electron chi connectivity index (χ4n) is 2.89. The van der Waals surface area contributed by atoms with Gasteiger partial charge in [-0.15, -0.1) is 11.8 Å². The first-order valence-corrected chi connectivity index (χ1v) is 12.8. The standard InChI is InChI=1S/C12H16O3.C8H10S.C5H10N2OS/c1-8-6-5-7-9(2)10(8)15-12(3,4)11(13)14;1-7-3-5-8(9-2)6-4-7;6-9-7-2-1-5(3-7)4-8/h5-7H,1-4H3,(H,13,14);3-6H,1-2H3;4-5H,1-3,6H2. The summed E-state index contributed by atoms with van der Waals surface area (Å²) in [6.07, 6.45) is 4.06. The Hall–Kier alpha value is -2.00. The molecule has 0 bridgehead atoms. The Kier molecular flexibility index (Phi) is 12.6. The van der Waals surface area contributed by atoms with E-state index in [4.69, 9.17) is 15.0 Å². The van der Waals surface area contributed by atoms with Gasteiger partial charge in [0, 0.05) is 36.0 Å². The number of carboxylic acid groups (broad SMARTS) is 1. The van der Waals surface area contributed by atoms with Crippen molar-refractivity contribution in [1.29, 1.82) is 0 Å². The summed E-state index contributed by atoms with van der Waals surface area (Å²) in [5.41, 5.74) is 2.03. The van der Waals surface area contributed by atoms with E-state index in [2.05, 4.69) is 37.4 Å². The molecule has 6 nitrogen and oxygen atoms in total. The van der Waals surface area contributed by atoms with Gasteiger partial charge in [0.25, 0.3) is 0 Å². The number of rotatable bonds is 6. The highest BCUT2D eigenvalue weighted by Gasteiger charge is 2.30. The first kappa shape index (κ1) is 29.0. The van der Waals surface area contributed by atoms with Crippen LogP contribution in [0.3, 0.4) is 0 Å². The molecule has 0 aromatic heterocycles. The maximum absolute atomic E-state index is 10.9. The van der Waals surface area contributed by atoms with Crippen LogP contribution in [-0.4, -0.2) is 46.6 Å². The van der Waals surface area contributed by atoms with Gasteiger partial charge in [0.1, 0.15) is 12.0 Å². The Labute approximate surface area is 206 Å². The van der Waals surface area contributed by atoms with E-state index in [1.807, 2.05) is 36.4 Å². The summed E-state index contributed by atoms with van der Waals surface area (Å²) in [7, 11) is 0. The van der Waals surface area contributed by atoms with Crippen molar-refractivity contribution in [3.8, 4) is 5.75 Å². The van der Waals surface area contributed by atoms with Crippen LogP contribution in [0.5, 0.6) is 5.75 Å². The van der Waals surface area contributed by atoms with E-state index in [1.54, 1.807) is 25.6 Å². The van der Waals surface area contributed by atoms with Crippen LogP contribution in [0.25, 0.3) is 0 Å². The molecule has 0 saturated carbocycles. The molecule has 2 aromatic rings. The molecule has 182 valence electrons. The van der Waals surface area contributed by atoms with Gasteiger partial charge in [-0.25, -0.2) is 9.10 Å². The number of carbonyl (C=O) groups is 2. The summed E-state index contributed by atoms with van der Waals surface area (Å²) >= 11 is 3.00. The molecule has 0 aliphatic carbocycles. The number of thioether (sulfide) groups is 1. The molecule has 1 fully saturated rings. The molecular formula is C25H36N2O4S2. The maximum Gasteiger partial charge on any atom is 0.347 e. The SMILES string of the molecule is CSc1ccc(C)cc1.Cc1cccc(C)c1OC(C)(C)C(=O)O.NSN1CCC(C=O)C1. The third-order valence-corrected chi connectivity index (χ3v) is 6.44. The number of aryl methyl sites for hydroxylation is 3. The molecule has 1 unspecified atom stereocenters. The molecule has 1 aliphatic rings. The van der Waals surface area contributed by atoms with E-state index in [1.165, 1.54) is 22.6 Å². The zero-order chi connectivity index (χ0) is 25.0. The third kappa shape index (κ3) is 10.2. The summed E-state index contributed by atoms with van der Waals surface area (Å²) in [4.78, 5) is 22.4. The first-order chi connectivity index (χ1) is 15.5. The molecule has 0 amide bonds. The van der Waals surface area contributed by atoms with Crippen LogP contribution in [0.2, 0.25) is 0 Å². The minimum atomic E-state index is -1.20. The number of nitrogens with zero attached hydrogens (tertiary/aromatic N) is 1. The van der Waals surface area contributed by atoms with Crippen molar-refractivity contribution in [2.24, 2.45) is 11.1 Å². The number of aliphatic carboxylic acids is 1. The lowest BCUT2D eigenvalue weighted by molar-refractivity contribution is -0.152. The highest BCUT2D eigenvalue weighted by molar-refractivity contribution is 7.98. The van der Waals surface area contributed by atoms with Crippen LogP contribution in [0.1, 0.15) is 37.0 Å². The van der Waals surface area contributed by atoms with E-state index >= 15 is 0 Å². The van der Waals surface area contributed by atoms with Crippen molar-refractivity contribution >= 4 is 36.2 Å². The summed E-state index contributed by atoms with van der Waals surface area (Å²) in [5, 5.41) is 14.2. The molecule has 1 saturated heterocycles. The van der Waals surface area contributed by atoms with Crippen LogP contribution >= 0.6 is 23.9 Å². The predicted molar refractivity (Wildman–Crippen MR) is 139 cm³/mol. The molecular weight excluding hydrogens is 456 g/mol. The number of aldehydes is 1. The monoisotopic (exact) mass is 492 g/mol. The Bertz CT molecular complexity index is 868. The van der Waals surface area contributed by atoms with Crippen LogP contribution < -0.4 is 9.88 Å². The molecule has 1 atom stereocenters. The molecule has 3 rings (SSSR count). The zero-order valence-corrected chi connectivity index (χ0v) is 22.0. The first-order valence-electron chi connectivity index (χ1n) is 10.7. The summed E-state index contributed by atoms with van der Waals surface area (Å²) in [6, 6.07) is 14.3. The van der Waals surface area contributed by atoms with Gasteiger partial charge >= 0.3 is 5.97 Å². The summed E-state index contributed by atoms with van der Waals surface area (Å²) in [5.74, 6) is -0.0869. The van der Waals surface area contributed by atoms with Gasteiger partial charge < -0.3 is 14.6 Å². The quantitative estimate of drug-likeness (QED) is 0.319. The Morgan fingerprint density at radius 2 is 1.73 bits per heavy atom. The second-order valence-corrected chi connectivity index (χ2v) is 9.94. The second kappa shape index (κ2) is 14.3. The van der Waals surface area contributed by atoms with Gasteiger partial charge in [-0.2, -0.15) is 0 Å². The van der Waals surface area contributed by atoms with Crippen molar-refractivity contribution < 1.29 is 19.4 Å².